The van der Waals surface area contributed by atoms with Crippen LogP contribution in [0.4, 0.5) is 0 Å². The third-order valence-corrected chi connectivity index (χ3v) is 2.92. The molecule has 0 heterocycles. The molecule has 0 spiro atoms. The Kier molecular flexibility index (Phi) is 4.14. The summed E-state index contributed by atoms with van der Waals surface area (Å²) in [4.78, 5) is 22.8. The maximum absolute atomic E-state index is 12.1. The summed E-state index contributed by atoms with van der Waals surface area (Å²) >= 11 is 0. The summed E-state index contributed by atoms with van der Waals surface area (Å²) in [5.74, 6) is -0.538. The third-order valence-electron chi connectivity index (χ3n) is 2.92. The molecular formula is C12H21NO4. The Bertz CT molecular complexity index is 297. The molecule has 17 heavy (non-hydrogen) atoms. The SMILES string of the molecule is CC(C)(C)OC(=O)C1(OC=O)CCCCC1N. The lowest BCUT2D eigenvalue weighted by Gasteiger charge is -2.39. The van der Waals surface area contributed by atoms with Crippen LogP contribution in [0.3, 0.4) is 0 Å². The molecule has 1 aliphatic rings. The topological polar surface area (TPSA) is 78.6 Å². The van der Waals surface area contributed by atoms with Gasteiger partial charge in [-0.05, 0) is 40.0 Å². The molecule has 5 heteroatoms. The van der Waals surface area contributed by atoms with Gasteiger partial charge in [-0.25, -0.2) is 4.79 Å². The van der Waals surface area contributed by atoms with Crippen LogP contribution in [0.5, 0.6) is 0 Å². The van der Waals surface area contributed by atoms with E-state index >= 15 is 0 Å². The quantitative estimate of drug-likeness (QED) is 0.594. The largest absolute Gasteiger partial charge is 0.457 e. The number of esters is 1. The Morgan fingerprint density at radius 1 is 1.41 bits per heavy atom. The van der Waals surface area contributed by atoms with Gasteiger partial charge < -0.3 is 15.2 Å². The molecule has 0 aromatic carbocycles. The van der Waals surface area contributed by atoms with E-state index in [4.69, 9.17) is 15.2 Å². The number of ether oxygens (including phenoxy) is 2. The summed E-state index contributed by atoms with van der Waals surface area (Å²) in [5.41, 5.74) is 4.02. The molecular weight excluding hydrogens is 222 g/mol. The lowest BCUT2D eigenvalue weighted by atomic mass is 9.80. The lowest BCUT2D eigenvalue weighted by Crippen LogP contribution is -2.59. The van der Waals surface area contributed by atoms with E-state index in [9.17, 15) is 9.59 Å². The molecule has 5 nitrogen and oxygen atoms in total. The van der Waals surface area contributed by atoms with Crippen LogP contribution in [-0.2, 0) is 19.1 Å². The second-order valence-corrected chi connectivity index (χ2v) is 5.46. The highest BCUT2D eigenvalue weighted by Crippen LogP contribution is 2.32. The van der Waals surface area contributed by atoms with Gasteiger partial charge in [-0.2, -0.15) is 0 Å². The van der Waals surface area contributed by atoms with E-state index in [-0.39, 0.29) is 6.47 Å². The third kappa shape index (κ3) is 3.19. The van der Waals surface area contributed by atoms with Crippen molar-refractivity contribution in [3.8, 4) is 0 Å². The zero-order valence-corrected chi connectivity index (χ0v) is 10.7. The molecule has 98 valence electrons. The van der Waals surface area contributed by atoms with Gasteiger partial charge in [0.05, 0.1) is 6.04 Å². The van der Waals surface area contributed by atoms with Crippen molar-refractivity contribution in [1.29, 1.82) is 0 Å². The molecule has 0 amide bonds. The number of carbonyl (C=O) groups is 2. The van der Waals surface area contributed by atoms with Crippen molar-refractivity contribution in [3.05, 3.63) is 0 Å². The molecule has 1 rings (SSSR count). The van der Waals surface area contributed by atoms with E-state index in [1.165, 1.54) is 0 Å². The minimum atomic E-state index is -1.30. The lowest BCUT2D eigenvalue weighted by molar-refractivity contribution is -0.191. The van der Waals surface area contributed by atoms with Gasteiger partial charge >= 0.3 is 5.97 Å². The van der Waals surface area contributed by atoms with Crippen molar-refractivity contribution in [2.45, 2.75) is 63.7 Å². The van der Waals surface area contributed by atoms with Gasteiger partial charge in [0.1, 0.15) is 5.60 Å². The highest BCUT2D eigenvalue weighted by Gasteiger charge is 2.50. The van der Waals surface area contributed by atoms with Crippen LogP contribution in [0.25, 0.3) is 0 Å². The predicted molar refractivity (Wildman–Crippen MR) is 62.2 cm³/mol. The van der Waals surface area contributed by atoms with Crippen molar-refractivity contribution < 1.29 is 19.1 Å². The number of hydrogen-bond donors (Lipinski definition) is 1. The summed E-state index contributed by atoms with van der Waals surface area (Å²) in [6, 6.07) is -0.490. The van der Waals surface area contributed by atoms with Gasteiger partial charge in [0.25, 0.3) is 6.47 Å². The van der Waals surface area contributed by atoms with E-state index in [0.29, 0.717) is 12.8 Å². The molecule has 0 saturated heterocycles. The van der Waals surface area contributed by atoms with Gasteiger partial charge in [0, 0.05) is 0 Å². The number of carbonyl (C=O) groups excluding carboxylic acids is 2. The molecule has 0 aromatic rings. The van der Waals surface area contributed by atoms with Crippen molar-refractivity contribution >= 4 is 12.4 Å². The minimum absolute atomic E-state index is 0.287. The van der Waals surface area contributed by atoms with Gasteiger partial charge in [-0.3, -0.25) is 4.79 Å². The zero-order chi connectivity index (χ0) is 13.1. The summed E-state index contributed by atoms with van der Waals surface area (Å²) in [6.07, 6.45) is 2.84. The smallest absolute Gasteiger partial charge is 0.352 e. The molecule has 2 unspecified atom stereocenters. The first-order valence-corrected chi connectivity index (χ1v) is 5.92. The van der Waals surface area contributed by atoms with E-state index in [2.05, 4.69) is 0 Å². The molecule has 2 atom stereocenters. The van der Waals surface area contributed by atoms with Crippen LogP contribution < -0.4 is 5.73 Å². The Balaban J connectivity index is 2.90. The second kappa shape index (κ2) is 5.04. The van der Waals surface area contributed by atoms with Crippen LogP contribution in [0, 0.1) is 0 Å². The normalized spacial score (nSPS) is 29.5. The van der Waals surface area contributed by atoms with Crippen molar-refractivity contribution in [1.82, 2.24) is 0 Å². The van der Waals surface area contributed by atoms with Crippen molar-refractivity contribution in [2.75, 3.05) is 0 Å². The molecule has 1 aliphatic carbocycles. The first-order chi connectivity index (χ1) is 7.82. The fourth-order valence-electron chi connectivity index (χ4n) is 2.07. The van der Waals surface area contributed by atoms with Crippen LogP contribution in [-0.4, -0.2) is 29.7 Å². The van der Waals surface area contributed by atoms with Crippen LogP contribution >= 0.6 is 0 Å². The predicted octanol–water partition coefficient (Wildman–Crippen LogP) is 1.14. The van der Waals surface area contributed by atoms with E-state index < -0.39 is 23.2 Å². The molecule has 0 aliphatic heterocycles. The number of rotatable bonds is 3. The Morgan fingerprint density at radius 3 is 2.53 bits per heavy atom. The first kappa shape index (κ1) is 14.0. The van der Waals surface area contributed by atoms with Gasteiger partial charge in [0.15, 0.2) is 0 Å². The standard InChI is InChI=1S/C12H21NO4/c1-11(2,3)17-10(15)12(16-8-14)7-5-4-6-9(12)13/h8-9H,4-7,13H2,1-3H3. The molecule has 0 bridgehead atoms. The monoisotopic (exact) mass is 243 g/mol. The van der Waals surface area contributed by atoms with Crippen LogP contribution in [0.15, 0.2) is 0 Å². The van der Waals surface area contributed by atoms with E-state index in [0.717, 1.165) is 12.8 Å². The van der Waals surface area contributed by atoms with Crippen LogP contribution in [0.1, 0.15) is 46.5 Å². The van der Waals surface area contributed by atoms with E-state index in [1.807, 2.05) is 0 Å². The molecule has 1 fully saturated rings. The first-order valence-electron chi connectivity index (χ1n) is 5.92. The highest BCUT2D eigenvalue weighted by molar-refractivity contribution is 5.82. The van der Waals surface area contributed by atoms with Crippen molar-refractivity contribution in [2.24, 2.45) is 5.73 Å². The summed E-state index contributed by atoms with van der Waals surface area (Å²) in [6.45, 7) is 5.60. The molecule has 0 aromatic heterocycles. The van der Waals surface area contributed by atoms with Crippen LogP contribution in [0.2, 0.25) is 0 Å². The Morgan fingerprint density at radius 2 is 2.06 bits per heavy atom. The second-order valence-electron chi connectivity index (χ2n) is 5.46. The molecule has 2 N–H and O–H groups in total. The van der Waals surface area contributed by atoms with Gasteiger partial charge in [-0.1, -0.05) is 6.42 Å². The molecule has 0 radical (unpaired) electrons. The highest BCUT2D eigenvalue weighted by atomic mass is 16.6. The average molecular weight is 243 g/mol. The minimum Gasteiger partial charge on any atom is -0.457 e. The maximum Gasteiger partial charge on any atom is 0.352 e. The maximum atomic E-state index is 12.1. The Hall–Kier alpha value is -1.10. The van der Waals surface area contributed by atoms with Crippen molar-refractivity contribution in [3.63, 3.8) is 0 Å². The molecule has 1 saturated carbocycles. The van der Waals surface area contributed by atoms with E-state index in [1.54, 1.807) is 20.8 Å². The van der Waals surface area contributed by atoms with Gasteiger partial charge in [0.2, 0.25) is 5.60 Å². The zero-order valence-electron chi connectivity index (χ0n) is 10.7. The average Bonchev–Trinajstić information content (AvgIpc) is 2.19. The fraction of sp³-hybridized carbons (Fsp3) is 0.833. The summed E-state index contributed by atoms with van der Waals surface area (Å²) in [7, 11) is 0. The number of nitrogens with two attached hydrogens (primary N) is 1. The summed E-state index contributed by atoms with van der Waals surface area (Å²) < 4.78 is 10.3. The fourth-order valence-corrected chi connectivity index (χ4v) is 2.07. The van der Waals surface area contributed by atoms with Gasteiger partial charge in [-0.15, -0.1) is 0 Å². The summed E-state index contributed by atoms with van der Waals surface area (Å²) in [5, 5.41) is 0. The Labute approximate surface area is 102 Å². The number of hydrogen-bond acceptors (Lipinski definition) is 5.